The molecule has 2 aliphatic carbocycles. The van der Waals surface area contributed by atoms with E-state index in [0.29, 0.717) is 6.04 Å². The molecule has 4 atom stereocenters. The lowest BCUT2D eigenvalue weighted by atomic mass is 10.0. The van der Waals surface area contributed by atoms with Crippen LogP contribution in [-0.2, 0) is 0 Å². The van der Waals surface area contributed by atoms with Crippen LogP contribution in [0.5, 0.6) is 0 Å². The zero-order valence-electron chi connectivity index (χ0n) is 17.3. The van der Waals surface area contributed by atoms with E-state index in [-0.39, 0.29) is 0 Å². The molecule has 150 valence electrons. The molecule has 5 heteroatoms. The number of nitrogens with zero attached hydrogens (tertiary/aromatic N) is 3. The fraction of sp³-hybridized carbons (Fsp3) is 0.727. The molecule has 2 heterocycles. The number of rotatable bonds is 5. The van der Waals surface area contributed by atoms with Gasteiger partial charge in [-0.3, -0.25) is 0 Å². The van der Waals surface area contributed by atoms with E-state index in [2.05, 4.69) is 46.8 Å². The summed E-state index contributed by atoms with van der Waals surface area (Å²) in [4.78, 5) is 14.2. The zero-order chi connectivity index (χ0) is 19.2. The molecule has 0 amide bonds. The quantitative estimate of drug-likeness (QED) is 0.796. The summed E-state index contributed by atoms with van der Waals surface area (Å²) in [5, 5.41) is 1.12. The second-order valence-electron chi connectivity index (χ2n) is 8.48. The second kappa shape index (κ2) is 9.54. The highest BCUT2D eigenvalue weighted by molar-refractivity contribution is 5.87. The lowest BCUT2D eigenvalue weighted by molar-refractivity contribution is 0.486. The number of nitrogens with two attached hydrogens (primary N) is 1. The fourth-order valence-corrected chi connectivity index (χ4v) is 4.85. The van der Waals surface area contributed by atoms with E-state index in [1.807, 2.05) is 6.20 Å². The number of hydrogen-bond donors (Lipinski definition) is 2. The molecule has 2 saturated carbocycles. The van der Waals surface area contributed by atoms with Crippen molar-refractivity contribution < 1.29 is 0 Å². The summed E-state index contributed by atoms with van der Waals surface area (Å²) in [7, 11) is 2.16. The largest absolute Gasteiger partial charge is 0.356 e. The molecule has 5 nitrogen and oxygen atoms in total. The molecule has 0 saturated heterocycles. The van der Waals surface area contributed by atoms with Crippen molar-refractivity contribution in [1.29, 1.82) is 0 Å². The molecule has 2 aromatic rings. The van der Waals surface area contributed by atoms with Gasteiger partial charge in [0.15, 0.2) is 0 Å². The molecule has 0 bridgehead atoms. The molecule has 0 aliphatic heterocycles. The predicted octanol–water partition coefficient (Wildman–Crippen LogP) is 4.74. The summed E-state index contributed by atoms with van der Waals surface area (Å²) in [5.41, 5.74) is 6.48. The third-order valence-electron chi connectivity index (χ3n) is 6.87. The van der Waals surface area contributed by atoms with Gasteiger partial charge in [-0.05, 0) is 62.5 Å². The molecule has 2 aromatic heterocycles. The molecule has 0 radical (unpaired) electrons. The number of nitrogens with one attached hydrogen (secondary N) is 1. The van der Waals surface area contributed by atoms with Gasteiger partial charge < -0.3 is 15.6 Å². The first-order valence-corrected chi connectivity index (χ1v) is 10.9. The lowest BCUT2D eigenvalue weighted by Crippen LogP contribution is -2.30. The first-order chi connectivity index (χ1) is 13.2. The third-order valence-corrected chi connectivity index (χ3v) is 6.87. The van der Waals surface area contributed by atoms with Crippen molar-refractivity contribution in [1.82, 2.24) is 15.0 Å². The molecule has 0 aromatic carbocycles. The summed E-state index contributed by atoms with van der Waals surface area (Å²) >= 11 is 0. The van der Waals surface area contributed by atoms with Crippen LogP contribution in [-0.4, -0.2) is 34.6 Å². The monoisotopic (exact) mass is 371 g/mol. The highest BCUT2D eigenvalue weighted by atomic mass is 15.2. The number of hydrogen-bond acceptors (Lipinski definition) is 4. The van der Waals surface area contributed by atoms with E-state index in [1.54, 1.807) is 6.33 Å². The Morgan fingerprint density at radius 2 is 1.74 bits per heavy atom. The van der Waals surface area contributed by atoms with Crippen molar-refractivity contribution in [2.24, 2.45) is 23.5 Å². The molecule has 4 unspecified atom stereocenters. The summed E-state index contributed by atoms with van der Waals surface area (Å²) in [5.74, 6) is 3.80. The molecular weight excluding hydrogens is 334 g/mol. The van der Waals surface area contributed by atoms with E-state index in [9.17, 15) is 0 Å². The molecule has 2 fully saturated rings. The Balaban J connectivity index is 0.000000197. The molecule has 0 spiro atoms. The van der Waals surface area contributed by atoms with Crippen molar-refractivity contribution in [3.05, 3.63) is 18.6 Å². The zero-order valence-corrected chi connectivity index (χ0v) is 17.3. The molecule has 4 rings (SSSR count). The van der Waals surface area contributed by atoms with Crippen molar-refractivity contribution in [2.45, 2.75) is 71.3 Å². The summed E-state index contributed by atoms with van der Waals surface area (Å²) in [6.07, 6.45) is 14.4. The van der Waals surface area contributed by atoms with Gasteiger partial charge in [0.1, 0.15) is 17.8 Å². The Labute approximate surface area is 164 Å². The van der Waals surface area contributed by atoms with Crippen LogP contribution < -0.4 is 10.6 Å². The Hall–Kier alpha value is -1.62. The maximum Gasteiger partial charge on any atom is 0.142 e. The van der Waals surface area contributed by atoms with Crippen LogP contribution in [0.3, 0.4) is 0 Å². The van der Waals surface area contributed by atoms with E-state index in [0.717, 1.165) is 41.1 Å². The average molecular weight is 372 g/mol. The fourth-order valence-electron chi connectivity index (χ4n) is 4.85. The number of fused-ring (bicyclic) bond motifs is 1. The van der Waals surface area contributed by atoms with Gasteiger partial charge in [-0.25, -0.2) is 9.97 Å². The van der Waals surface area contributed by atoms with E-state index >= 15 is 0 Å². The van der Waals surface area contributed by atoms with Gasteiger partial charge in [0.05, 0.1) is 5.39 Å². The first-order valence-electron chi connectivity index (χ1n) is 10.9. The number of H-pyrrole nitrogens is 1. The number of anilines is 1. The molecule has 27 heavy (non-hydrogen) atoms. The minimum Gasteiger partial charge on any atom is -0.356 e. The van der Waals surface area contributed by atoms with Gasteiger partial charge in [0, 0.05) is 19.3 Å². The number of aromatic amines is 1. The summed E-state index contributed by atoms with van der Waals surface area (Å²) in [6.45, 7) is 5.49. The Morgan fingerprint density at radius 1 is 1.04 bits per heavy atom. The molecule has 3 N–H and O–H groups in total. The average Bonchev–Trinajstić information content (AvgIpc) is 3.47. The van der Waals surface area contributed by atoms with Crippen molar-refractivity contribution in [3.8, 4) is 0 Å². The molecular formula is C22H37N5. The third kappa shape index (κ3) is 4.81. The normalized spacial score (nSPS) is 27.6. The van der Waals surface area contributed by atoms with Gasteiger partial charge in [0.25, 0.3) is 0 Å². The van der Waals surface area contributed by atoms with Gasteiger partial charge in [-0.15, -0.1) is 0 Å². The summed E-state index contributed by atoms with van der Waals surface area (Å²) in [6, 6.07) is 2.69. The standard InChI is InChI=1S/C14H20N4.C8H17N/c1-3-10-4-5-11(8-10)18(2)14-12-6-7-15-13(12)16-9-17-14;1-2-7-3-4-8(5-7)6-9/h6-7,9-11H,3-5,8H2,1-2H3,(H,15,16,17);7-8H,2-6,9H2,1H3. The highest BCUT2D eigenvalue weighted by Gasteiger charge is 2.28. The number of aromatic nitrogens is 3. The van der Waals surface area contributed by atoms with E-state index in [1.165, 1.54) is 51.4 Å². The first kappa shape index (κ1) is 20.1. The predicted molar refractivity (Wildman–Crippen MR) is 114 cm³/mol. The highest BCUT2D eigenvalue weighted by Crippen LogP contribution is 2.34. The van der Waals surface area contributed by atoms with E-state index in [4.69, 9.17) is 5.73 Å². The Morgan fingerprint density at radius 3 is 2.37 bits per heavy atom. The van der Waals surface area contributed by atoms with Crippen LogP contribution in [0.15, 0.2) is 18.6 Å². The Bertz CT molecular complexity index is 687. The van der Waals surface area contributed by atoms with E-state index < -0.39 is 0 Å². The lowest BCUT2D eigenvalue weighted by Gasteiger charge is -2.26. The van der Waals surface area contributed by atoms with Crippen LogP contribution in [0.2, 0.25) is 0 Å². The van der Waals surface area contributed by atoms with Crippen LogP contribution >= 0.6 is 0 Å². The second-order valence-corrected chi connectivity index (χ2v) is 8.48. The van der Waals surface area contributed by atoms with Gasteiger partial charge in [0.2, 0.25) is 0 Å². The van der Waals surface area contributed by atoms with Crippen molar-refractivity contribution in [2.75, 3.05) is 18.5 Å². The van der Waals surface area contributed by atoms with Crippen LogP contribution in [0.25, 0.3) is 11.0 Å². The summed E-state index contributed by atoms with van der Waals surface area (Å²) < 4.78 is 0. The minimum absolute atomic E-state index is 0.628. The molecule has 2 aliphatic rings. The van der Waals surface area contributed by atoms with Crippen LogP contribution in [0.1, 0.15) is 65.2 Å². The van der Waals surface area contributed by atoms with Crippen molar-refractivity contribution >= 4 is 16.9 Å². The van der Waals surface area contributed by atoms with Crippen LogP contribution in [0, 0.1) is 17.8 Å². The Kier molecular flexibility index (Phi) is 7.11. The maximum atomic E-state index is 5.55. The smallest absolute Gasteiger partial charge is 0.142 e. The maximum absolute atomic E-state index is 5.55. The van der Waals surface area contributed by atoms with Gasteiger partial charge in [-0.1, -0.05) is 33.1 Å². The van der Waals surface area contributed by atoms with Crippen molar-refractivity contribution in [3.63, 3.8) is 0 Å². The van der Waals surface area contributed by atoms with Gasteiger partial charge >= 0.3 is 0 Å². The van der Waals surface area contributed by atoms with Crippen LogP contribution in [0.4, 0.5) is 5.82 Å². The SMILES string of the molecule is CCC1CCC(CN)C1.CCC1CCC(N(C)c2ncnc3[nH]ccc23)C1. The topological polar surface area (TPSA) is 70.8 Å². The minimum atomic E-state index is 0.628. The van der Waals surface area contributed by atoms with Gasteiger partial charge in [-0.2, -0.15) is 0 Å².